The van der Waals surface area contributed by atoms with Crippen LogP contribution in [-0.4, -0.2) is 26.8 Å². The Hall–Kier alpha value is -2.58. The third kappa shape index (κ3) is 6.23. The maximum absolute atomic E-state index is 12.4. The molecule has 0 aliphatic rings. The summed E-state index contributed by atoms with van der Waals surface area (Å²) in [5, 5.41) is 4.89. The van der Waals surface area contributed by atoms with Gasteiger partial charge in [0.2, 0.25) is 10.0 Å². The van der Waals surface area contributed by atoms with Crippen molar-refractivity contribution in [3.63, 3.8) is 0 Å². The number of benzene rings is 3. The molecule has 0 atom stereocenters. The Labute approximate surface area is 201 Å². The first-order valence-corrected chi connectivity index (χ1v) is 12.2. The van der Waals surface area contributed by atoms with Crippen molar-refractivity contribution < 1.29 is 13.2 Å². The first-order chi connectivity index (χ1) is 15.1. The molecule has 0 bridgehead atoms. The minimum atomic E-state index is -3.64. The third-order valence-electron chi connectivity index (χ3n) is 4.37. The van der Waals surface area contributed by atoms with Gasteiger partial charge in [-0.1, -0.05) is 65.1 Å². The van der Waals surface area contributed by atoms with Gasteiger partial charge in [-0.05, 0) is 47.5 Å². The summed E-state index contributed by atoms with van der Waals surface area (Å²) in [5.41, 5.74) is 4.48. The summed E-state index contributed by atoms with van der Waals surface area (Å²) in [7, 11) is -3.64. The number of nitrogens with one attached hydrogen (secondary N) is 1. The highest BCUT2D eigenvalue weighted by molar-refractivity contribution is 7.92. The van der Waals surface area contributed by atoms with Crippen molar-refractivity contribution in [3.05, 3.63) is 98.5 Å². The van der Waals surface area contributed by atoms with Gasteiger partial charge in [-0.3, -0.25) is 9.10 Å². The van der Waals surface area contributed by atoms with Gasteiger partial charge in [0.05, 0.1) is 34.7 Å². The summed E-state index contributed by atoms with van der Waals surface area (Å²) < 4.78 is 25.9. The zero-order valence-corrected chi connectivity index (χ0v) is 19.9. The van der Waals surface area contributed by atoms with E-state index in [1.54, 1.807) is 66.7 Å². The molecule has 0 radical (unpaired) electrons. The van der Waals surface area contributed by atoms with Gasteiger partial charge >= 0.3 is 0 Å². The van der Waals surface area contributed by atoms with Gasteiger partial charge in [-0.2, -0.15) is 5.10 Å². The highest BCUT2D eigenvalue weighted by atomic mass is 35.5. The molecule has 166 valence electrons. The van der Waals surface area contributed by atoms with Gasteiger partial charge in [0.25, 0.3) is 5.91 Å². The molecule has 0 aliphatic heterocycles. The minimum absolute atomic E-state index is 0.0215. The number of anilines is 1. The van der Waals surface area contributed by atoms with Crippen molar-refractivity contribution in [2.45, 2.75) is 6.54 Å². The molecule has 1 amide bonds. The second kappa shape index (κ2) is 10.4. The Morgan fingerprint density at radius 2 is 1.72 bits per heavy atom. The van der Waals surface area contributed by atoms with E-state index in [9.17, 15) is 13.2 Å². The molecule has 10 heteroatoms. The molecule has 0 saturated heterocycles. The van der Waals surface area contributed by atoms with Gasteiger partial charge in [0, 0.05) is 10.6 Å². The number of halogens is 3. The van der Waals surface area contributed by atoms with Gasteiger partial charge in [-0.25, -0.2) is 13.8 Å². The summed E-state index contributed by atoms with van der Waals surface area (Å²) in [6.45, 7) is 0.0215. The first kappa shape index (κ1) is 24.1. The number of hydrazone groups is 1. The Kier molecular flexibility index (Phi) is 7.79. The van der Waals surface area contributed by atoms with E-state index in [1.165, 1.54) is 6.21 Å². The van der Waals surface area contributed by atoms with Crippen LogP contribution in [0.25, 0.3) is 0 Å². The second-order valence-electron chi connectivity index (χ2n) is 6.79. The molecule has 3 aromatic carbocycles. The third-order valence-corrected chi connectivity index (χ3v) is 6.54. The Balaban J connectivity index is 1.72. The largest absolute Gasteiger partial charge is 0.271 e. The monoisotopic (exact) mass is 509 g/mol. The first-order valence-electron chi connectivity index (χ1n) is 9.25. The average molecular weight is 511 g/mol. The van der Waals surface area contributed by atoms with Gasteiger partial charge in [0.15, 0.2) is 0 Å². The van der Waals surface area contributed by atoms with Crippen LogP contribution >= 0.6 is 34.8 Å². The number of hydrogen-bond acceptors (Lipinski definition) is 4. The smallest absolute Gasteiger partial charge is 0.267 e. The van der Waals surface area contributed by atoms with Crippen LogP contribution in [0, 0.1) is 0 Å². The number of carbonyl (C=O) groups excluding carboxylic acids is 1. The van der Waals surface area contributed by atoms with Crippen molar-refractivity contribution in [1.82, 2.24) is 5.43 Å². The van der Waals surface area contributed by atoms with Crippen LogP contribution in [0.2, 0.25) is 15.1 Å². The average Bonchev–Trinajstić information content (AvgIpc) is 2.74. The summed E-state index contributed by atoms with van der Waals surface area (Å²) in [4.78, 5) is 12.3. The zero-order valence-electron chi connectivity index (χ0n) is 16.8. The Morgan fingerprint density at radius 1 is 1.03 bits per heavy atom. The number of amides is 1. The zero-order chi connectivity index (χ0) is 23.3. The molecule has 0 spiro atoms. The van der Waals surface area contributed by atoms with Gasteiger partial charge in [0.1, 0.15) is 0 Å². The minimum Gasteiger partial charge on any atom is -0.267 e. The van der Waals surface area contributed by atoms with Gasteiger partial charge < -0.3 is 0 Å². The molecule has 6 nitrogen and oxygen atoms in total. The predicted octanol–water partition coefficient (Wildman–Crippen LogP) is 5.38. The molecule has 0 aliphatic carbocycles. The maximum atomic E-state index is 12.4. The van der Waals surface area contributed by atoms with Crippen LogP contribution in [-0.2, 0) is 16.6 Å². The molecular formula is C22H18Cl3N3O3S. The lowest BCUT2D eigenvalue weighted by Crippen LogP contribution is -2.29. The van der Waals surface area contributed by atoms with E-state index in [2.05, 4.69) is 10.5 Å². The lowest BCUT2D eigenvalue weighted by molar-refractivity contribution is 0.0955. The molecule has 3 aromatic rings. The van der Waals surface area contributed by atoms with Crippen molar-refractivity contribution in [1.29, 1.82) is 0 Å². The van der Waals surface area contributed by atoms with E-state index in [0.717, 1.165) is 16.1 Å². The Morgan fingerprint density at radius 3 is 2.38 bits per heavy atom. The molecule has 3 rings (SSSR count). The highest BCUT2D eigenvalue weighted by Crippen LogP contribution is 2.34. The standard InChI is InChI=1S/C22H18Cl3N3O3S/c1-32(30,31)28(20-7-3-6-19(24)21(20)25)14-15-8-10-17(11-9-15)22(29)27-26-13-16-4-2-5-18(23)12-16/h2-13H,14H2,1H3,(H,27,29)/b26-13-. The number of rotatable bonds is 7. The summed E-state index contributed by atoms with van der Waals surface area (Å²) in [6, 6.07) is 18.3. The summed E-state index contributed by atoms with van der Waals surface area (Å²) in [6.07, 6.45) is 2.57. The number of sulfonamides is 1. The van der Waals surface area contributed by atoms with Crippen molar-refractivity contribution in [2.24, 2.45) is 5.10 Å². The molecule has 0 aromatic heterocycles. The van der Waals surface area contributed by atoms with E-state index in [1.807, 2.05) is 0 Å². The van der Waals surface area contributed by atoms with Crippen LogP contribution in [0.3, 0.4) is 0 Å². The predicted molar refractivity (Wildman–Crippen MR) is 130 cm³/mol. The van der Waals surface area contributed by atoms with E-state index >= 15 is 0 Å². The van der Waals surface area contributed by atoms with Crippen LogP contribution in [0.4, 0.5) is 5.69 Å². The summed E-state index contributed by atoms with van der Waals surface area (Å²) >= 11 is 18.2. The molecule has 1 N–H and O–H groups in total. The molecule has 0 saturated carbocycles. The lowest BCUT2D eigenvalue weighted by atomic mass is 10.1. The van der Waals surface area contributed by atoms with Crippen molar-refractivity contribution in [2.75, 3.05) is 10.6 Å². The number of carbonyl (C=O) groups is 1. The van der Waals surface area contributed by atoms with E-state index in [4.69, 9.17) is 34.8 Å². The van der Waals surface area contributed by atoms with Crippen molar-refractivity contribution >= 4 is 62.6 Å². The fourth-order valence-corrected chi connectivity index (χ4v) is 4.35. The SMILES string of the molecule is CS(=O)(=O)N(Cc1ccc(C(=O)N/N=C\c2cccc(Cl)c2)cc1)c1cccc(Cl)c1Cl. The molecular weight excluding hydrogens is 493 g/mol. The molecule has 0 heterocycles. The van der Waals surface area contributed by atoms with Gasteiger partial charge in [-0.15, -0.1) is 0 Å². The summed E-state index contributed by atoms with van der Waals surface area (Å²) in [5.74, 6) is -0.410. The van der Waals surface area contributed by atoms with E-state index in [0.29, 0.717) is 16.1 Å². The Bertz CT molecular complexity index is 1260. The van der Waals surface area contributed by atoms with Crippen molar-refractivity contribution in [3.8, 4) is 0 Å². The van der Waals surface area contributed by atoms with Crippen LogP contribution in [0.5, 0.6) is 0 Å². The maximum Gasteiger partial charge on any atom is 0.271 e. The number of hydrogen-bond donors (Lipinski definition) is 1. The van der Waals surface area contributed by atoms with Crippen LogP contribution in [0.1, 0.15) is 21.5 Å². The molecule has 0 fully saturated rings. The molecule has 0 unspecified atom stereocenters. The highest BCUT2D eigenvalue weighted by Gasteiger charge is 2.21. The van der Waals surface area contributed by atoms with E-state index < -0.39 is 15.9 Å². The topological polar surface area (TPSA) is 78.8 Å². The fourth-order valence-electron chi connectivity index (χ4n) is 2.81. The lowest BCUT2D eigenvalue weighted by Gasteiger charge is -2.24. The number of nitrogens with zero attached hydrogens (tertiary/aromatic N) is 2. The molecule has 32 heavy (non-hydrogen) atoms. The van der Waals surface area contributed by atoms with E-state index in [-0.39, 0.29) is 22.3 Å². The normalized spacial score (nSPS) is 11.5. The second-order valence-corrected chi connectivity index (χ2v) is 9.92. The quantitative estimate of drug-likeness (QED) is 0.342. The fraction of sp³-hybridized carbons (Fsp3) is 0.0909. The van der Waals surface area contributed by atoms with Crippen LogP contribution < -0.4 is 9.73 Å². The van der Waals surface area contributed by atoms with Crippen LogP contribution in [0.15, 0.2) is 71.8 Å².